The predicted molar refractivity (Wildman–Crippen MR) is 96.0 cm³/mol. The van der Waals surface area contributed by atoms with E-state index in [-0.39, 0.29) is 11.7 Å². The van der Waals surface area contributed by atoms with Crippen LogP contribution in [0.5, 0.6) is 0 Å². The van der Waals surface area contributed by atoms with E-state index in [1.807, 2.05) is 36.4 Å². The number of nitrogen functional groups attached to an aromatic ring is 1. The van der Waals surface area contributed by atoms with E-state index in [9.17, 15) is 4.39 Å². The molecule has 0 aliphatic rings. The number of halogens is 1. The van der Waals surface area contributed by atoms with E-state index in [0.717, 1.165) is 27.4 Å². The molecule has 3 aromatic carbocycles. The van der Waals surface area contributed by atoms with E-state index in [1.165, 1.54) is 6.07 Å². The minimum atomic E-state index is -0.230. The van der Waals surface area contributed by atoms with Crippen molar-refractivity contribution in [2.24, 2.45) is 5.73 Å². The summed E-state index contributed by atoms with van der Waals surface area (Å²) in [6.07, 6.45) is 0. The highest BCUT2D eigenvalue weighted by Crippen LogP contribution is 2.30. The number of aromatic nitrogens is 1. The van der Waals surface area contributed by atoms with Crippen molar-refractivity contribution < 1.29 is 4.39 Å². The second-order valence-electron chi connectivity index (χ2n) is 5.88. The molecule has 0 unspecified atom stereocenters. The van der Waals surface area contributed by atoms with Crippen LogP contribution in [0.25, 0.3) is 21.8 Å². The Hall–Kier alpha value is -3.14. The van der Waals surface area contributed by atoms with Crippen LogP contribution in [0.15, 0.2) is 66.7 Å². The molecule has 3 nitrogen and oxygen atoms in total. The zero-order valence-corrected chi connectivity index (χ0v) is 13.0. The molecule has 4 rings (SSSR count). The molecule has 0 fully saturated rings. The summed E-state index contributed by atoms with van der Waals surface area (Å²) < 4.78 is 15.7. The number of hydrogen-bond donors (Lipinski definition) is 2. The van der Waals surface area contributed by atoms with Gasteiger partial charge < -0.3 is 10.3 Å². The van der Waals surface area contributed by atoms with Gasteiger partial charge in [0.1, 0.15) is 11.7 Å². The van der Waals surface area contributed by atoms with Gasteiger partial charge in [0, 0.05) is 33.9 Å². The highest BCUT2D eigenvalue weighted by atomic mass is 19.1. The Kier molecular flexibility index (Phi) is 3.31. The molecule has 4 heteroatoms. The van der Waals surface area contributed by atoms with Crippen molar-refractivity contribution >= 4 is 27.6 Å². The fraction of sp³-hybridized carbons (Fsp3) is 0.0500. The first-order chi connectivity index (χ1) is 11.6. The van der Waals surface area contributed by atoms with Gasteiger partial charge in [-0.05, 0) is 42.0 Å². The van der Waals surface area contributed by atoms with Crippen LogP contribution in [0, 0.1) is 11.2 Å². The van der Waals surface area contributed by atoms with Crippen molar-refractivity contribution in [1.29, 1.82) is 5.41 Å². The summed E-state index contributed by atoms with van der Waals surface area (Å²) in [5, 5.41) is 9.81. The molecule has 0 bridgehead atoms. The quantitative estimate of drug-likeness (QED) is 0.430. The number of para-hydroxylation sites is 1. The monoisotopic (exact) mass is 317 g/mol. The van der Waals surface area contributed by atoms with Gasteiger partial charge in [0.15, 0.2) is 0 Å². The molecule has 0 spiro atoms. The Labute approximate surface area is 138 Å². The van der Waals surface area contributed by atoms with Gasteiger partial charge in [0.25, 0.3) is 0 Å². The van der Waals surface area contributed by atoms with Crippen molar-refractivity contribution in [2.75, 3.05) is 0 Å². The van der Waals surface area contributed by atoms with E-state index in [4.69, 9.17) is 11.1 Å². The SMILES string of the molecule is N=C(N)c1ccc2c(c1)c1ccccc1n2Cc1cccc(F)c1. The van der Waals surface area contributed by atoms with E-state index in [0.29, 0.717) is 12.1 Å². The van der Waals surface area contributed by atoms with Gasteiger partial charge in [-0.3, -0.25) is 5.41 Å². The zero-order valence-electron chi connectivity index (χ0n) is 13.0. The smallest absolute Gasteiger partial charge is 0.123 e. The molecule has 0 aliphatic heterocycles. The average Bonchev–Trinajstić information content (AvgIpc) is 2.89. The lowest BCUT2D eigenvalue weighted by Gasteiger charge is -2.08. The maximum Gasteiger partial charge on any atom is 0.123 e. The predicted octanol–water partition coefficient (Wildman–Crippen LogP) is 4.27. The van der Waals surface area contributed by atoms with Crippen LogP contribution in [0.3, 0.4) is 0 Å². The van der Waals surface area contributed by atoms with E-state index in [2.05, 4.69) is 16.7 Å². The molecule has 3 N–H and O–H groups in total. The fourth-order valence-electron chi connectivity index (χ4n) is 3.21. The van der Waals surface area contributed by atoms with Gasteiger partial charge in [-0.1, -0.05) is 30.3 Å². The zero-order chi connectivity index (χ0) is 16.7. The Morgan fingerprint density at radius 1 is 0.917 bits per heavy atom. The van der Waals surface area contributed by atoms with Crippen molar-refractivity contribution in [3.63, 3.8) is 0 Å². The third-order valence-electron chi connectivity index (χ3n) is 4.31. The maximum atomic E-state index is 13.5. The third kappa shape index (κ3) is 2.33. The van der Waals surface area contributed by atoms with Crippen LogP contribution in [-0.4, -0.2) is 10.4 Å². The highest BCUT2D eigenvalue weighted by molar-refractivity contribution is 6.10. The lowest BCUT2D eigenvalue weighted by molar-refractivity contribution is 0.624. The summed E-state index contributed by atoms with van der Waals surface area (Å²) in [6, 6.07) is 20.5. The third-order valence-corrected chi connectivity index (χ3v) is 4.31. The normalized spacial score (nSPS) is 11.2. The van der Waals surface area contributed by atoms with Gasteiger partial charge >= 0.3 is 0 Å². The summed E-state index contributed by atoms with van der Waals surface area (Å²) >= 11 is 0. The number of amidine groups is 1. The van der Waals surface area contributed by atoms with Gasteiger partial charge in [0.2, 0.25) is 0 Å². The standard InChI is InChI=1S/C20H16FN3/c21-15-5-3-4-13(10-15)12-24-18-7-2-1-6-16(18)17-11-14(20(22)23)8-9-19(17)24/h1-11H,12H2,(H3,22,23). The summed E-state index contributed by atoms with van der Waals surface area (Å²) in [5.74, 6) is -0.175. The van der Waals surface area contributed by atoms with Crippen LogP contribution < -0.4 is 5.73 Å². The van der Waals surface area contributed by atoms with Crippen molar-refractivity contribution in [3.8, 4) is 0 Å². The average molecular weight is 317 g/mol. The fourth-order valence-corrected chi connectivity index (χ4v) is 3.21. The lowest BCUT2D eigenvalue weighted by atomic mass is 10.1. The number of hydrogen-bond acceptors (Lipinski definition) is 1. The summed E-state index contributed by atoms with van der Waals surface area (Å²) in [7, 11) is 0. The first-order valence-corrected chi connectivity index (χ1v) is 7.73. The molecule has 4 aromatic rings. The van der Waals surface area contributed by atoms with Gasteiger partial charge in [-0.2, -0.15) is 0 Å². The molecule has 1 aromatic heterocycles. The Morgan fingerprint density at radius 2 is 1.71 bits per heavy atom. The van der Waals surface area contributed by atoms with E-state index in [1.54, 1.807) is 12.1 Å². The number of nitrogens with two attached hydrogens (primary N) is 1. The number of rotatable bonds is 3. The molecule has 0 saturated heterocycles. The molecular formula is C20H16FN3. The van der Waals surface area contributed by atoms with Crippen LogP contribution in [0.4, 0.5) is 4.39 Å². The van der Waals surface area contributed by atoms with Crippen molar-refractivity contribution in [1.82, 2.24) is 4.57 Å². The van der Waals surface area contributed by atoms with E-state index < -0.39 is 0 Å². The summed E-state index contributed by atoms with van der Waals surface area (Å²) in [5.41, 5.74) is 9.37. The van der Waals surface area contributed by atoms with Gasteiger partial charge in [0.05, 0.1) is 0 Å². The van der Waals surface area contributed by atoms with Crippen LogP contribution in [0.2, 0.25) is 0 Å². The molecule has 0 aliphatic carbocycles. The van der Waals surface area contributed by atoms with Crippen LogP contribution >= 0.6 is 0 Å². The molecule has 118 valence electrons. The molecule has 0 atom stereocenters. The van der Waals surface area contributed by atoms with Crippen molar-refractivity contribution in [3.05, 3.63) is 83.7 Å². The molecule has 0 amide bonds. The van der Waals surface area contributed by atoms with Crippen molar-refractivity contribution in [2.45, 2.75) is 6.54 Å². The minimum absolute atomic E-state index is 0.0545. The number of benzene rings is 3. The highest BCUT2D eigenvalue weighted by Gasteiger charge is 2.12. The molecular weight excluding hydrogens is 301 g/mol. The number of fused-ring (bicyclic) bond motifs is 3. The first-order valence-electron chi connectivity index (χ1n) is 7.73. The van der Waals surface area contributed by atoms with Gasteiger partial charge in [-0.25, -0.2) is 4.39 Å². The first kappa shape index (κ1) is 14.5. The Balaban J connectivity index is 1.97. The van der Waals surface area contributed by atoms with E-state index >= 15 is 0 Å². The topological polar surface area (TPSA) is 54.8 Å². The lowest BCUT2D eigenvalue weighted by Crippen LogP contribution is -2.10. The van der Waals surface area contributed by atoms with Crippen LogP contribution in [-0.2, 0) is 6.54 Å². The summed E-state index contributed by atoms with van der Waals surface area (Å²) in [4.78, 5) is 0. The minimum Gasteiger partial charge on any atom is -0.384 e. The number of nitrogens with one attached hydrogen (secondary N) is 1. The van der Waals surface area contributed by atoms with Crippen LogP contribution in [0.1, 0.15) is 11.1 Å². The molecule has 0 radical (unpaired) electrons. The molecule has 0 saturated carbocycles. The second kappa shape index (κ2) is 5.49. The summed E-state index contributed by atoms with van der Waals surface area (Å²) in [6.45, 7) is 0.585. The van der Waals surface area contributed by atoms with Gasteiger partial charge in [-0.15, -0.1) is 0 Å². The number of nitrogens with zero attached hydrogens (tertiary/aromatic N) is 1. The molecule has 24 heavy (non-hydrogen) atoms. The second-order valence-corrected chi connectivity index (χ2v) is 5.88. The largest absolute Gasteiger partial charge is 0.384 e. The maximum absolute atomic E-state index is 13.5. The molecule has 1 heterocycles. The Morgan fingerprint density at radius 3 is 2.50 bits per heavy atom. The Bertz CT molecular complexity index is 1080.